The van der Waals surface area contributed by atoms with Crippen molar-refractivity contribution in [3.63, 3.8) is 0 Å². The minimum atomic E-state index is 0.728. The average Bonchev–Trinajstić information content (AvgIpc) is 2.49. The molecule has 1 aromatic rings. The van der Waals surface area contributed by atoms with Crippen LogP contribution in [0.25, 0.3) is 0 Å². The number of nitrogens with one attached hydrogen (secondary N) is 1. The SMILES string of the molecule is CCSCCCC(CNCCOC)Cc1ccccc1. The third-order valence-electron chi connectivity index (χ3n) is 3.39. The summed E-state index contributed by atoms with van der Waals surface area (Å²) in [6.45, 7) is 5.07. The zero-order chi connectivity index (χ0) is 14.5. The van der Waals surface area contributed by atoms with E-state index < -0.39 is 0 Å². The predicted molar refractivity (Wildman–Crippen MR) is 90.6 cm³/mol. The van der Waals surface area contributed by atoms with Crippen molar-refractivity contribution in [1.82, 2.24) is 5.32 Å². The molecule has 0 spiro atoms. The molecule has 0 aliphatic heterocycles. The molecule has 0 saturated heterocycles. The van der Waals surface area contributed by atoms with Gasteiger partial charge in [-0.1, -0.05) is 37.3 Å². The van der Waals surface area contributed by atoms with Crippen LogP contribution >= 0.6 is 11.8 Å². The summed E-state index contributed by atoms with van der Waals surface area (Å²) in [7, 11) is 1.76. The summed E-state index contributed by atoms with van der Waals surface area (Å²) < 4.78 is 5.09. The van der Waals surface area contributed by atoms with E-state index in [9.17, 15) is 0 Å². The summed E-state index contributed by atoms with van der Waals surface area (Å²) in [5.74, 6) is 3.25. The van der Waals surface area contributed by atoms with Gasteiger partial charge in [0.05, 0.1) is 6.61 Å². The van der Waals surface area contributed by atoms with Gasteiger partial charge >= 0.3 is 0 Å². The van der Waals surface area contributed by atoms with Crippen LogP contribution in [0, 0.1) is 5.92 Å². The number of hydrogen-bond donors (Lipinski definition) is 1. The molecule has 0 radical (unpaired) electrons. The number of rotatable bonds is 12. The number of ether oxygens (including phenoxy) is 1. The van der Waals surface area contributed by atoms with Crippen LogP contribution in [0.1, 0.15) is 25.3 Å². The molecule has 0 aliphatic carbocycles. The van der Waals surface area contributed by atoms with E-state index in [1.807, 2.05) is 11.8 Å². The minimum Gasteiger partial charge on any atom is -0.383 e. The fourth-order valence-electron chi connectivity index (χ4n) is 2.32. The van der Waals surface area contributed by atoms with E-state index in [-0.39, 0.29) is 0 Å². The molecule has 0 fully saturated rings. The Labute approximate surface area is 128 Å². The standard InChI is InChI=1S/C17H29NOS/c1-3-20-13-7-10-17(15-18-11-12-19-2)14-16-8-5-4-6-9-16/h4-6,8-9,17-18H,3,7,10-15H2,1-2H3. The molecule has 20 heavy (non-hydrogen) atoms. The smallest absolute Gasteiger partial charge is 0.0587 e. The lowest BCUT2D eigenvalue weighted by atomic mass is 9.95. The molecule has 1 rings (SSSR count). The highest BCUT2D eigenvalue weighted by atomic mass is 32.2. The van der Waals surface area contributed by atoms with Crippen molar-refractivity contribution >= 4 is 11.8 Å². The summed E-state index contributed by atoms with van der Waals surface area (Å²) in [5.41, 5.74) is 1.45. The van der Waals surface area contributed by atoms with E-state index in [1.54, 1.807) is 7.11 Å². The van der Waals surface area contributed by atoms with Gasteiger partial charge in [0.25, 0.3) is 0 Å². The molecule has 1 unspecified atom stereocenters. The molecule has 0 amide bonds. The van der Waals surface area contributed by atoms with Gasteiger partial charge in [0.15, 0.2) is 0 Å². The summed E-state index contributed by atoms with van der Waals surface area (Å²) in [6, 6.07) is 10.8. The number of methoxy groups -OCH3 is 1. The second kappa shape index (κ2) is 12.2. The Hall–Kier alpha value is -0.510. The van der Waals surface area contributed by atoms with Crippen LogP contribution in [0.5, 0.6) is 0 Å². The lowest BCUT2D eigenvalue weighted by Gasteiger charge is -2.18. The molecular weight excluding hydrogens is 266 g/mol. The van der Waals surface area contributed by atoms with Crippen molar-refractivity contribution in [3.05, 3.63) is 35.9 Å². The highest BCUT2D eigenvalue weighted by Crippen LogP contribution is 2.15. The molecule has 1 atom stereocenters. The monoisotopic (exact) mass is 295 g/mol. The van der Waals surface area contributed by atoms with Gasteiger partial charge in [-0.2, -0.15) is 11.8 Å². The quantitative estimate of drug-likeness (QED) is 0.595. The van der Waals surface area contributed by atoms with Gasteiger partial charge in [-0.3, -0.25) is 0 Å². The van der Waals surface area contributed by atoms with Crippen LogP contribution in [0.3, 0.4) is 0 Å². The summed E-state index contributed by atoms with van der Waals surface area (Å²) in [4.78, 5) is 0. The number of thioether (sulfide) groups is 1. The van der Waals surface area contributed by atoms with Gasteiger partial charge in [0.2, 0.25) is 0 Å². The Bertz CT molecular complexity index is 306. The molecule has 1 N–H and O–H groups in total. The first kappa shape index (κ1) is 17.5. The lowest BCUT2D eigenvalue weighted by molar-refractivity contribution is 0.197. The van der Waals surface area contributed by atoms with Crippen LogP contribution in [0.2, 0.25) is 0 Å². The van der Waals surface area contributed by atoms with E-state index in [0.29, 0.717) is 0 Å². The molecule has 2 nitrogen and oxygen atoms in total. The third kappa shape index (κ3) is 8.62. The van der Waals surface area contributed by atoms with Crippen LogP contribution in [0.15, 0.2) is 30.3 Å². The molecule has 0 heterocycles. The van der Waals surface area contributed by atoms with E-state index >= 15 is 0 Å². The topological polar surface area (TPSA) is 21.3 Å². The number of benzene rings is 1. The van der Waals surface area contributed by atoms with E-state index in [2.05, 4.69) is 42.6 Å². The molecular formula is C17H29NOS. The van der Waals surface area contributed by atoms with Gasteiger partial charge < -0.3 is 10.1 Å². The molecule has 3 heteroatoms. The maximum atomic E-state index is 5.09. The van der Waals surface area contributed by atoms with Gasteiger partial charge in [0.1, 0.15) is 0 Å². The van der Waals surface area contributed by atoms with Gasteiger partial charge in [-0.25, -0.2) is 0 Å². The van der Waals surface area contributed by atoms with E-state index in [0.717, 1.165) is 25.6 Å². The van der Waals surface area contributed by atoms with E-state index in [1.165, 1.54) is 36.3 Å². The molecule has 0 saturated carbocycles. The maximum absolute atomic E-state index is 5.09. The second-order valence-corrected chi connectivity index (χ2v) is 6.49. The Balaban J connectivity index is 2.33. The Kier molecular flexibility index (Phi) is 10.7. The largest absolute Gasteiger partial charge is 0.383 e. The van der Waals surface area contributed by atoms with Crippen LogP contribution in [-0.2, 0) is 11.2 Å². The molecule has 0 aromatic heterocycles. The zero-order valence-electron chi connectivity index (χ0n) is 12.9. The van der Waals surface area contributed by atoms with E-state index in [4.69, 9.17) is 4.74 Å². The maximum Gasteiger partial charge on any atom is 0.0587 e. The summed E-state index contributed by atoms with van der Waals surface area (Å²) in [5, 5.41) is 3.52. The van der Waals surface area contributed by atoms with Crippen molar-refractivity contribution < 1.29 is 4.74 Å². The minimum absolute atomic E-state index is 0.728. The predicted octanol–water partition coefficient (Wildman–Crippen LogP) is 3.61. The molecule has 1 aromatic carbocycles. The van der Waals surface area contributed by atoms with Crippen LogP contribution < -0.4 is 5.32 Å². The normalized spacial score (nSPS) is 12.5. The van der Waals surface area contributed by atoms with Crippen LogP contribution in [0.4, 0.5) is 0 Å². The lowest BCUT2D eigenvalue weighted by Crippen LogP contribution is -2.27. The molecule has 114 valence electrons. The van der Waals surface area contributed by atoms with Crippen molar-refractivity contribution in [2.45, 2.75) is 26.2 Å². The van der Waals surface area contributed by atoms with Crippen molar-refractivity contribution in [1.29, 1.82) is 0 Å². The van der Waals surface area contributed by atoms with Gasteiger partial charge in [0, 0.05) is 13.7 Å². The Morgan fingerprint density at radius 3 is 2.75 bits per heavy atom. The Morgan fingerprint density at radius 2 is 2.05 bits per heavy atom. The average molecular weight is 295 g/mol. The fraction of sp³-hybridized carbons (Fsp3) is 0.647. The van der Waals surface area contributed by atoms with Crippen molar-refractivity contribution in [3.8, 4) is 0 Å². The molecule has 0 bridgehead atoms. The van der Waals surface area contributed by atoms with Gasteiger partial charge in [-0.15, -0.1) is 0 Å². The first-order chi connectivity index (χ1) is 9.86. The van der Waals surface area contributed by atoms with Gasteiger partial charge in [-0.05, 0) is 48.8 Å². The number of hydrogen-bond acceptors (Lipinski definition) is 3. The summed E-state index contributed by atoms with van der Waals surface area (Å²) in [6.07, 6.45) is 3.81. The van der Waals surface area contributed by atoms with Crippen molar-refractivity contribution in [2.24, 2.45) is 5.92 Å². The van der Waals surface area contributed by atoms with Crippen molar-refractivity contribution in [2.75, 3.05) is 38.3 Å². The highest BCUT2D eigenvalue weighted by Gasteiger charge is 2.09. The molecule has 0 aliphatic rings. The van der Waals surface area contributed by atoms with Crippen LogP contribution in [-0.4, -0.2) is 38.3 Å². The second-order valence-electron chi connectivity index (χ2n) is 5.09. The fourth-order valence-corrected chi connectivity index (χ4v) is 2.98. The highest BCUT2D eigenvalue weighted by molar-refractivity contribution is 7.99. The first-order valence-corrected chi connectivity index (χ1v) is 8.83. The summed E-state index contributed by atoms with van der Waals surface area (Å²) >= 11 is 2.05. The Morgan fingerprint density at radius 1 is 1.25 bits per heavy atom. The first-order valence-electron chi connectivity index (χ1n) is 7.68. The third-order valence-corrected chi connectivity index (χ3v) is 4.37. The zero-order valence-corrected chi connectivity index (χ0v) is 13.8.